The fourth-order valence-electron chi connectivity index (χ4n) is 2.14. The highest BCUT2D eigenvalue weighted by Crippen LogP contribution is 2.25. The minimum Gasteiger partial charge on any atom is -0.317 e. The third kappa shape index (κ3) is 3.04. The standard InChI is InChI=1S/C12H22N2O2/c1-10(2)8-11(16)14(9-15)12(3)4-6-13-7-5-12/h9-10,13H,4-8H2,1-3H3. The quantitative estimate of drug-likeness (QED) is 0.732. The average molecular weight is 226 g/mol. The van der Waals surface area contributed by atoms with Gasteiger partial charge in [0.1, 0.15) is 0 Å². The zero-order chi connectivity index (χ0) is 12.2. The van der Waals surface area contributed by atoms with Crippen LogP contribution in [0.1, 0.15) is 40.0 Å². The number of carbonyl (C=O) groups excluding carboxylic acids is 2. The van der Waals surface area contributed by atoms with Crippen molar-refractivity contribution in [1.29, 1.82) is 0 Å². The molecule has 1 rings (SSSR count). The summed E-state index contributed by atoms with van der Waals surface area (Å²) >= 11 is 0. The highest BCUT2D eigenvalue weighted by atomic mass is 16.2. The number of rotatable bonds is 4. The second-order valence-corrected chi connectivity index (χ2v) is 5.21. The van der Waals surface area contributed by atoms with Crippen LogP contribution >= 0.6 is 0 Å². The Balaban J connectivity index is 2.71. The van der Waals surface area contributed by atoms with Crippen molar-refractivity contribution in [2.75, 3.05) is 13.1 Å². The zero-order valence-electron chi connectivity index (χ0n) is 10.5. The second-order valence-electron chi connectivity index (χ2n) is 5.21. The molecule has 0 bridgehead atoms. The van der Waals surface area contributed by atoms with Gasteiger partial charge in [0.15, 0.2) is 0 Å². The van der Waals surface area contributed by atoms with Gasteiger partial charge in [0.25, 0.3) is 0 Å². The maximum Gasteiger partial charge on any atom is 0.229 e. The number of nitrogens with one attached hydrogen (secondary N) is 1. The first-order chi connectivity index (χ1) is 7.49. The Bertz CT molecular complexity index is 258. The molecule has 0 radical (unpaired) electrons. The van der Waals surface area contributed by atoms with Gasteiger partial charge in [-0.1, -0.05) is 13.8 Å². The number of hydrogen-bond acceptors (Lipinski definition) is 3. The van der Waals surface area contributed by atoms with E-state index in [1.54, 1.807) is 0 Å². The Kier molecular flexibility index (Phi) is 4.47. The largest absolute Gasteiger partial charge is 0.317 e. The van der Waals surface area contributed by atoms with Gasteiger partial charge in [-0.3, -0.25) is 14.5 Å². The van der Waals surface area contributed by atoms with Crippen molar-refractivity contribution in [3.8, 4) is 0 Å². The third-order valence-electron chi connectivity index (χ3n) is 3.22. The number of hydrogen-bond donors (Lipinski definition) is 1. The lowest BCUT2D eigenvalue weighted by molar-refractivity contribution is -0.146. The number of amides is 2. The summed E-state index contributed by atoms with van der Waals surface area (Å²) in [6.07, 6.45) is 2.84. The predicted octanol–water partition coefficient (Wildman–Crippen LogP) is 1.16. The van der Waals surface area contributed by atoms with Gasteiger partial charge in [-0.2, -0.15) is 0 Å². The van der Waals surface area contributed by atoms with Gasteiger partial charge in [0, 0.05) is 12.0 Å². The summed E-state index contributed by atoms with van der Waals surface area (Å²) < 4.78 is 0. The van der Waals surface area contributed by atoms with Gasteiger partial charge in [0.2, 0.25) is 12.3 Å². The highest BCUT2D eigenvalue weighted by Gasteiger charge is 2.36. The molecule has 1 N–H and O–H groups in total. The van der Waals surface area contributed by atoms with E-state index >= 15 is 0 Å². The zero-order valence-corrected chi connectivity index (χ0v) is 10.5. The Labute approximate surface area is 97.4 Å². The van der Waals surface area contributed by atoms with Crippen LogP contribution in [0.2, 0.25) is 0 Å². The van der Waals surface area contributed by atoms with E-state index in [1.165, 1.54) is 4.90 Å². The number of carbonyl (C=O) groups is 2. The van der Waals surface area contributed by atoms with Crippen LogP contribution in [0, 0.1) is 5.92 Å². The molecule has 0 saturated carbocycles. The molecule has 2 amide bonds. The van der Waals surface area contributed by atoms with Crippen molar-refractivity contribution < 1.29 is 9.59 Å². The van der Waals surface area contributed by atoms with Crippen molar-refractivity contribution in [1.82, 2.24) is 10.2 Å². The topological polar surface area (TPSA) is 49.4 Å². The van der Waals surface area contributed by atoms with Crippen molar-refractivity contribution >= 4 is 12.3 Å². The van der Waals surface area contributed by atoms with Crippen LogP contribution in [0.5, 0.6) is 0 Å². The molecule has 4 heteroatoms. The summed E-state index contributed by atoms with van der Waals surface area (Å²) in [5, 5.41) is 3.24. The van der Waals surface area contributed by atoms with Gasteiger partial charge < -0.3 is 5.32 Å². The van der Waals surface area contributed by atoms with Crippen LogP contribution in [0.15, 0.2) is 0 Å². The molecule has 1 aliphatic heterocycles. The second kappa shape index (κ2) is 5.43. The van der Waals surface area contributed by atoms with Crippen LogP contribution in [-0.4, -0.2) is 35.8 Å². The number of imide groups is 1. The van der Waals surface area contributed by atoms with E-state index in [0.717, 1.165) is 25.9 Å². The molecule has 4 nitrogen and oxygen atoms in total. The van der Waals surface area contributed by atoms with E-state index in [0.29, 0.717) is 18.7 Å². The monoisotopic (exact) mass is 226 g/mol. The Morgan fingerprint density at radius 2 is 2.00 bits per heavy atom. The van der Waals surface area contributed by atoms with Crippen LogP contribution in [-0.2, 0) is 9.59 Å². The first-order valence-corrected chi connectivity index (χ1v) is 5.98. The summed E-state index contributed by atoms with van der Waals surface area (Å²) in [4.78, 5) is 24.5. The van der Waals surface area contributed by atoms with Gasteiger partial charge >= 0.3 is 0 Å². The van der Waals surface area contributed by atoms with Gasteiger partial charge in [0.05, 0.1) is 0 Å². The fourth-order valence-corrected chi connectivity index (χ4v) is 2.14. The molecule has 1 saturated heterocycles. The first kappa shape index (κ1) is 13.2. The van der Waals surface area contributed by atoms with E-state index in [-0.39, 0.29) is 11.4 Å². The summed E-state index contributed by atoms with van der Waals surface area (Å²) in [6.45, 7) is 7.73. The molecule has 0 aromatic rings. The molecular weight excluding hydrogens is 204 g/mol. The molecule has 0 aromatic heterocycles. The average Bonchev–Trinajstić information content (AvgIpc) is 2.17. The SMILES string of the molecule is CC(C)CC(=O)N(C=O)C1(C)CCNCC1. The molecule has 0 aliphatic carbocycles. The number of nitrogens with zero attached hydrogens (tertiary/aromatic N) is 1. The van der Waals surface area contributed by atoms with E-state index in [9.17, 15) is 9.59 Å². The van der Waals surface area contributed by atoms with E-state index in [2.05, 4.69) is 5.32 Å². The lowest BCUT2D eigenvalue weighted by Gasteiger charge is -2.41. The maximum absolute atomic E-state index is 12.0. The minimum atomic E-state index is -0.293. The number of piperidine rings is 1. The molecule has 0 unspecified atom stereocenters. The lowest BCUT2D eigenvalue weighted by Crippen LogP contribution is -2.54. The summed E-state index contributed by atoms with van der Waals surface area (Å²) in [5.74, 6) is 0.245. The molecule has 1 aliphatic rings. The fraction of sp³-hybridized carbons (Fsp3) is 0.833. The summed E-state index contributed by atoms with van der Waals surface area (Å²) in [6, 6.07) is 0. The molecule has 0 aromatic carbocycles. The Morgan fingerprint density at radius 1 is 1.44 bits per heavy atom. The van der Waals surface area contributed by atoms with Crippen molar-refractivity contribution in [3.63, 3.8) is 0 Å². The first-order valence-electron chi connectivity index (χ1n) is 5.98. The van der Waals surface area contributed by atoms with E-state index in [1.807, 2.05) is 20.8 Å². The van der Waals surface area contributed by atoms with Gasteiger partial charge in [-0.15, -0.1) is 0 Å². The molecule has 92 valence electrons. The van der Waals surface area contributed by atoms with Crippen molar-refractivity contribution in [2.45, 2.75) is 45.6 Å². The van der Waals surface area contributed by atoms with Crippen LogP contribution in [0.25, 0.3) is 0 Å². The molecule has 1 heterocycles. The Morgan fingerprint density at radius 3 is 2.44 bits per heavy atom. The van der Waals surface area contributed by atoms with Crippen LogP contribution in [0.4, 0.5) is 0 Å². The maximum atomic E-state index is 12.0. The van der Waals surface area contributed by atoms with Crippen molar-refractivity contribution in [3.05, 3.63) is 0 Å². The molecule has 1 fully saturated rings. The molecule has 0 atom stereocenters. The predicted molar refractivity (Wildman–Crippen MR) is 62.9 cm³/mol. The Hall–Kier alpha value is -0.900. The van der Waals surface area contributed by atoms with Gasteiger partial charge in [-0.25, -0.2) is 0 Å². The lowest BCUT2D eigenvalue weighted by atomic mass is 9.88. The minimum absolute atomic E-state index is 0.0469. The molecular formula is C12H22N2O2. The highest BCUT2D eigenvalue weighted by molar-refractivity contribution is 5.87. The summed E-state index contributed by atoms with van der Waals surface area (Å²) in [5.41, 5.74) is -0.293. The van der Waals surface area contributed by atoms with Crippen LogP contribution < -0.4 is 5.32 Å². The summed E-state index contributed by atoms with van der Waals surface area (Å²) in [7, 11) is 0. The van der Waals surface area contributed by atoms with Crippen LogP contribution in [0.3, 0.4) is 0 Å². The van der Waals surface area contributed by atoms with E-state index in [4.69, 9.17) is 0 Å². The van der Waals surface area contributed by atoms with E-state index < -0.39 is 0 Å². The smallest absolute Gasteiger partial charge is 0.229 e. The third-order valence-corrected chi connectivity index (χ3v) is 3.22. The molecule has 16 heavy (non-hydrogen) atoms. The van der Waals surface area contributed by atoms with Gasteiger partial charge in [-0.05, 0) is 38.8 Å². The molecule has 0 spiro atoms. The normalized spacial score (nSPS) is 19.5. The van der Waals surface area contributed by atoms with Crippen molar-refractivity contribution in [2.24, 2.45) is 5.92 Å².